The Hall–Kier alpha value is -1.51. The first-order valence-electron chi connectivity index (χ1n) is 4.65. The van der Waals surface area contributed by atoms with Crippen LogP contribution in [0.15, 0.2) is 18.2 Å². The van der Waals surface area contributed by atoms with E-state index in [0.717, 1.165) is 11.3 Å². The molecule has 14 heavy (non-hydrogen) atoms. The first kappa shape index (κ1) is 9.06. The molecule has 1 N–H and O–H groups in total. The highest BCUT2D eigenvalue weighted by atomic mass is 16.4. The van der Waals surface area contributed by atoms with Crippen molar-refractivity contribution in [3.8, 4) is 0 Å². The van der Waals surface area contributed by atoms with Gasteiger partial charge in [-0.2, -0.15) is 0 Å². The lowest BCUT2D eigenvalue weighted by Gasteiger charge is -2.18. The average Bonchev–Trinajstić information content (AvgIpc) is 2.44. The van der Waals surface area contributed by atoms with E-state index in [-0.39, 0.29) is 0 Å². The van der Waals surface area contributed by atoms with Gasteiger partial charge in [-0.25, -0.2) is 4.79 Å². The predicted molar refractivity (Wildman–Crippen MR) is 54.7 cm³/mol. The predicted octanol–water partition coefficient (Wildman–Crippen LogP) is 1.44. The van der Waals surface area contributed by atoms with Gasteiger partial charge in [-0.05, 0) is 24.1 Å². The molecule has 1 aliphatic heterocycles. The Kier molecular flexibility index (Phi) is 1.95. The molecule has 0 saturated carbocycles. The van der Waals surface area contributed by atoms with Gasteiger partial charge in [-0.15, -0.1) is 0 Å². The normalized spacial score (nSPS) is 19.6. The number of aliphatic carboxylic acids is 1. The van der Waals surface area contributed by atoms with Gasteiger partial charge in [0.15, 0.2) is 0 Å². The number of fused-ring (bicyclic) bond motifs is 1. The number of carbonyl (C=O) groups is 1. The fourth-order valence-corrected chi connectivity index (χ4v) is 1.94. The molecule has 0 fully saturated rings. The minimum absolute atomic E-state index is 0.396. The molecule has 3 nitrogen and oxygen atoms in total. The van der Waals surface area contributed by atoms with Crippen LogP contribution in [0.5, 0.6) is 0 Å². The molecule has 1 aromatic carbocycles. The van der Waals surface area contributed by atoms with E-state index in [1.165, 1.54) is 5.56 Å². The second-order valence-electron chi connectivity index (χ2n) is 3.80. The number of rotatable bonds is 1. The maximum atomic E-state index is 10.9. The molecule has 0 amide bonds. The summed E-state index contributed by atoms with van der Waals surface area (Å²) in [6.07, 6.45) is 0.613. The first-order chi connectivity index (χ1) is 6.59. The molecule has 0 aromatic heterocycles. The third kappa shape index (κ3) is 1.25. The Morgan fingerprint density at radius 1 is 1.57 bits per heavy atom. The van der Waals surface area contributed by atoms with Crippen LogP contribution in [0.4, 0.5) is 5.69 Å². The minimum atomic E-state index is -0.749. The van der Waals surface area contributed by atoms with Gasteiger partial charge < -0.3 is 10.0 Å². The average molecular weight is 191 g/mol. The molecule has 3 heteroatoms. The maximum Gasteiger partial charge on any atom is 0.326 e. The first-order valence-corrected chi connectivity index (χ1v) is 4.65. The molecule has 0 radical (unpaired) electrons. The van der Waals surface area contributed by atoms with Crippen LogP contribution in [0, 0.1) is 6.92 Å². The van der Waals surface area contributed by atoms with Crippen molar-refractivity contribution in [2.45, 2.75) is 19.4 Å². The molecule has 0 aliphatic carbocycles. The number of anilines is 1. The second-order valence-corrected chi connectivity index (χ2v) is 3.80. The third-order valence-electron chi connectivity index (χ3n) is 2.79. The standard InChI is InChI=1S/C11H13NO2/c1-7-3-4-8-6-10(11(13)14)12(2)9(8)5-7/h3-5,10H,6H2,1-2H3,(H,13,14). The van der Waals surface area contributed by atoms with Gasteiger partial charge in [-0.3, -0.25) is 0 Å². The highest BCUT2D eigenvalue weighted by Crippen LogP contribution is 2.31. The molecule has 74 valence electrons. The number of likely N-dealkylation sites (N-methyl/N-ethyl adjacent to an activating group) is 1. The third-order valence-corrected chi connectivity index (χ3v) is 2.79. The Balaban J connectivity index is 2.41. The Morgan fingerprint density at radius 2 is 2.29 bits per heavy atom. The van der Waals surface area contributed by atoms with Crippen molar-refractivity contribution in [1.82, 2.24) is 0 Å². The summed E-state index contributed by atoms with van der Waals surface area (Å²) in [6.45, 7) is 2.02. The van der Waals surface area contributed by atoms with E-state index in [9.17, 15) is 4.79 Å². The smallest absolute Gasteiger partial charge is 0.326 e. The summed E-state index contributed by atoms with van der Waals surface area (Å²) in [5.74, 6) is -0.749. The Morgan fingerprint density at radius 3 is 2.93 bits per heavy atom. The van der Waals surface area contributed by atoms with E-state index in [4.69, 9.17) is 5.11 Å². The van der Waals surface area contributed by atoms with Gasteiger partial charge in [0.05, 0.1) is 0 Å². The fourth-order valence-electron chi connectivity index (χ4n) is 1.94. The number of hydrogen-bond donors (Lipinski definition) is 1. The highest BCUT2D eigenvalue weighted by Gasteiger charge is 2.31. The van der Waals surface area contributed by atoms with Crippen molar-refractivity contribution in [3.05, 3.63) is 29.3 Å². The van der Waals surface area contributed by atoms with Crippen LogP contribution in [-0.2, 0) is 11.2 Å². The zero-order valence-electron chi connectivity index (χ0n) is 8.32. The summed E-state index contributed by atoms with van der Waals surface area (Å²) in [4.78, 5) is 12.8. The van der Waals surface area contributed by atoms with Crippen LogP contribution in [0.2, 0.25) is 0 Å². The van der Waals surface area contributed by atoms with Crippen LogP contribution in [0.3, 0.4) is 0 Å². The molecule has 2 rings (SSSR count). The SMILES string of the molecule is Cc1ccc2c(c1)N(C)C(C(=O)O)C2. The molecule has 0 spiro atoms. The Bertz CT molecular complexity index is 387. The second kappa shape index (κ2) is 3.01. The number of aryl methyl sites for hydroxylation is 1. The molecule has 1 aliphatic rings. The van der Waals surface area contributed by atoms with Gasteiger partial charge in [-0.1, -0.05) is 12.1 Å². The largest absolute Gasteiger partial charge is 0.480 e. The quantitative estimate of drug-likeness (QED) is 0.730. The highest BCUT2D eigenvalue weighted by molar-refractivity contribution is 5.82. The Labute approximate surface area is 83.0 Å². The topological polar surface area (TPSA) is 40.5 Å². The molecule has 1 unspecified atom stereocenters. The lowest BCUT2D eigenvalue weighted by atomic mass is 10.1. The van der Waals surface area contributed by atoms with Crippen LogP contribution in [0.25, 0.3) is 0 Å². The zero-order valence-corrected chi connectivity index (χ0v) is 8.32. The molecule has 1 aromatic rings. The lowest BCUT2D eigenvalue weighted by Crippen LogP contribution is -2.35. The van der Waals surface area contributed by atoms with Crippen LogP contribution < -0.4 is 4.90 Å². The van der Waals surface area contributed by atoms with Crippen molar-refractivity contribution >= 4 is 11.7 Å². The number of carboxylic acid groups (broad SMARTS) is 1. The minimum Gasteiger partial charge on any atom is -0.480 e. The zero-order chi connectivity index (χ0) is 10.3. The number of benzene rings is 1. The fraction of sp³-hybridized carbons (Fsp3) is 0.364. The molecule has 0 bridgehead atoms. The van der Waals surface area contributed by atoms with E-state index >= 15 is 0 Å². The van der Waals surface area contributed by atoms with E-state index in [0.29, 0.717) is 6.42 Å². The van der Waals surface area contributed by atoms with E-state index < -0.39 is 12.0 Å². The summed E-state index contributed by atoms with van der Waals surface area (Å²) >= 11 is 0. The summed E-state index contributed by atoms with van der Waals surface area (Å²) in [7, 11) is 1.84. The van der Waals surface area contributed by atoms with E-state index in [2.05, 4.69) is 0 Å². The van der Waals surface area contributed by atoms with Crippen LogP contribution in [0.1, 0.15) is 11.1 Å². The number of hydrogen-bond acceptors (Lipinski definition) is 2. The molecule has 0 saturated heterocycles. The van der Waals surface area contributed by atoms with Gasteiger partial charge in [0, 0.05) is 19.2 Å². The van der Waals surface area contributed by atoms with Crippen molar-refractivity contribution in [3.63, 3.8) is 0 Å². The molecular weight excluding hydrogens is 178 g/mol. The van der Waals surface area contributed by atoms with Crippen molar-refractivity contribution < 1.29 is 9.90 Å². The number of nitrogens with zero attached hydrogens (tertiary/aromatic N) is 1. The van der Waals surface area contributed by atoms with Crippen LogP contribution >= 0.6 is 0 Å². The monoisotopic (exact) mass is 191 g/mol. The molecule has 1 atom stereocenters. The summed E-state index contributed by atoms with van der Waals surface area (Å²) in [5.41, 5.74) is 3.35. The van der Waals surface area contributed by atoms with Gasteiger partial charge in [0.1, 0.15) is 6.04 Å². The molecule has 1 heterocycles. The van der Waals surface area contributed by atoms with Crippen molar-refractivity contribution in [1.29, 1.82) is 0 Å². The summed E-state index contributed by atoms with van der Waals surface area (Å²) in [6, 6.07) is 5.69. The maximum absolute atomic E-state index is 10.9. The summed E-state index contributed by atoms with van der Waals surface area (Å²) < 4.78 is 0. The summed E-state index contributed by atoms with van der Waals surface area (Å²) in [5, 5.41) is 8.98. The number of carboxylic acids is 1. The van der Waals surface area contributed by atoms with Gasteiger partial charge in [0.25, 0.3) is 0 Å². The van der Waals surface area contributed by atoms with Gasteiger partial charge in [0.2, 0.25) is 0 Å². The molecular formula is C11H13NO2. The van der Waals surface area contributed by atoms with Crippen molar-refractivity contribution in [2.24, 2.45) is 0 Å². The van der Waals surface area contributed by atoms with Crippen molar-refractivity contribution in [2.75, 3.05) is 11.9 Å². The lowest BCUT2D eigenvalue weighted by molar-refractivity contribution is -0.138. The van der Waals surface area contributed by atoms with E-state index in [1.807, 2.05) is 37.1 Å². The van der Waals surface area contributed by atoms with Crippen LogP contribution in [-0.4, -0.2) is 24.2 Å². The van der Waals surface area contributed by atoms with E-state index in [1.54, 1.807) is 0 Å². The van der Waals surface area contributed by atoms with Gasteiger partial charge >= 0.3 is 5.97 Å².